The molecule has 5 aromatic rings. The molecule has 0 bridgehead atoms. The normalized spacial score (nSPS) is 11.2. The summed E-state index contributed by atoms with van der Waals surface area (Å²) < 4.78 is 42.3. The summed E-state index contributed by atoms with van der Waals surface area (Å²) >= 11 is 5.88. The Kier molecular flexibility index (Phi) is 7.70. The van der Waals surface area contributed by atoms with Crippen molar-refractivity contribution in [1.29, 1.82) is 0 Å². The number of hydrogen-bond acceptors (Lipinski definition) is 11. The van der Waals surface area contributed by atoms with Gasteiger partial charge in [-0.25, -0.2) is 23.2 Å². The molecule has 208 valence electrons. The molecular weight excluding hydrogens is 560 g/mol. The van der Waals surface area contributed by atoms with E-state index in [2.05, 4.69) is 36.1 Å². The van der Waals surface area contributed by atoms with Gasteiger partial charge in [0.25, 0.3) is 0 Å². The summed E-state index contributed by atoms with van der Waals surface area (Å²) in [7, 11) is 1.37. The number of hydrogen-bond donors (Lipinski definition) is 2. The van der Waals surface area contributed by atoms with Crippen LogP contribution in [-0.4, -0.2) is 39.6 Å². The highest BCUT2D eigenvalue weighted by atomic mass is 35.5. The fourth-order valence-corrected chi connectivity index (χ4v) is 3.90. The fourth-order valence-electron chi connectivity index (χ4n) is 3.67. The molecule has 0 unspecified atom stereocenters. The number of nitrogens with zero attached hydrogens (tertiary/aromatic N) is 5. The van der Waals surface area contributed by atoms with Crippen molar-refractivity contribution < 1.29 is 27.7 Å². The number of carbonyl (C=O) groups excluding carboxylic acids is 1. The number of methoxy groups -OCH3 is 1. The molecule has 0 spiro atoms. The van der Waals surface area contributed by atoms with E-state index in [4.69, 9.17) is 25.7 Å². The standard InChI is InChI=1S/C27H20ClF2N7O4/c1-13-5-4-6-20(14(13)2)32-23-24(34-26-25(33-23)36-41-37-26)35-31-12-15-7-8-21(22(9-15)39-3)40-27(38)16-10-18(29)19(30)11-17(16)28/h4-12H,1-3H3,(H,32,33,36)(H,34,35,37)/b31-12+. The summed E-state index contributed by atoms with van der Waals surface area (Å²) in [4.78, 5) is 21.4. The molecule has 0 saturated carbocycles. The van der Waals surface area contributed by atoms with Crippen molar-refractivity contribution in [1.82, 2.24) is 20.3 Å². The van der Waals surface area contributed by atoms with Crippen molar-refractivity contribution in [2.24, 2.45) is 5.10 Å². The summed E-state index contributed by atoms with van der Waals surface area (Å²) in [6.45, 7) is 3.98. The van der Waals surface area contributed by atoms with Crippen LogP contribution in [0, 0.1) is 25.5 Å². The van der Waals surface area contributed by atoms with Crippen LogP contribution in [0.4, 0.5) is 26.1 Å². The molecule has 2 heterocycles. The van der Waals surface area contributed by atoms with E-state index in [-0.39, 0.29) is 39.2 Å². The van der Waals surface area contributed by atoms with Crippen molar-refractivity contribution in [3.05, 3.63) is 87.4 Å². The van der Waals surface area contributed by atoms with Gasteiger partial charge in [0.1, 0.15) is 0 Å². The van der Waals surface area contributed by atoms with E-state index < -0.39 is 17.6 Å². The van der Waals surface area contributed by atoms with E-state index in [0.717, 1.165) is 16.8 Å². The zero-order valence-corrected chi connectivity index (χ0v) is 22.5. The van der Waals surface area contributed by atoms with Gasteiger partial charge in [-0.3, -0.25) is 5.43 Å². The van der Waals surface area contributed by atoms with Crippen molar-refractivity contribution in [2.75, 3.05) is 17.9 Å². The van der Waals surface area contributed by atoms with Gasteiger partial charge in [-0.2, -0.15) is 10.1 Å². The van der Waals surface area contributed by atoms with Crippen molar-refractivity contribution in [3.63, 3.8) is 0 Å². The van der Waals surface area contributed by atoms with Gasteiger partial charge in [0.2, 0.25) is 11.3 Å². The smallest absolute Gasteiger partial charge is 0.345 e. The zero-order chi connectivity index (χ0) is 29.1. The highest BCUT2D eigenvalue weighted by Gasteiger charge is 2.19. The Balaban J connectivity index is 1.35. The lowest BCUT2D eigenvalue weighted by Gasteiger charge is -2.13. The van der Waals surface area contributed by atoms with Gasteiger partial charge >= 0.3 is 5.97 Å². The number of carbonyl (C=O) groups is 1. The molecule has 2 N–H and O–H groups in total. The molecule has 0 radical (unpaired) electrons. The van der Waals surface area contributed by atoms with Crippen molar-refractivity contribution in [2.45, 2.75) is 13.8 Å². The second-order valence-corrected chi connectivity index (χ2v) is 9.03. The number of aryl methyl sites for hydroxylation is 1. The molecule has 5 rings (SSSR count). The largest absolute Gasteiger partial charge is 0.493 e. The molecule has 11 nitrogen and oxygen atoms in total. The minimum atomic E-state index is -1.23. The Bertz CT molecular complexity index is 1810. The predicted octanol–water partition coefficient (Wildman–Crippen LogP) is 5.98. The molecule has 0 saturated heterocycles. The van der Waals surface area contributed by atoms with Crippen LogP contribution >= 0.6 is 11.6 Å². The third-order valence-corrected chi connectivity index (χ3v) is 6.29. The summed E-state index contributed by atoms with van der Waals surface area (Å²) in [5.74, 6) is -2.61. The number of anilines is 3. The lowest BCUT2D eigenvalue weighted by Crippen LogP contribution is -2.11. The molecule has 0 amide bonds. The molecule has 2 aromatic heterocycles. The number of hydrazone groups is 1. The first kappa shape index (κ1) is 27.4. The minimum absolute atomic E-state index is 0.0262. The lowest BCUT2D eigenvalue weighted by atomic mass is 10.1. The number of ether oxygens (including phenoxy) is 2. The lowest BCUT2D eigenvalue weighted by molar-refractivity contribution is 0.0729. The quantitative estimate of drug-likeness (QED) is 0.0742. The van der Waals surface area contributed by atoms with Crippen LogP contribution in [0.5, 0.6) is 11.5 Å². The van der Waals surface area contributed by atoms with Crippen LogP contribution in [0.1, 0.15) is 27.0 Å². The van der Waals surface area contributed by atoms with E-state index in [1.807, 2.05) is 32.0 Å². The molecule has 0 atom stereocenters. The molecule has 0 aliphatic rings. The van der Waals surface area contributed by atoms with Gasteiger partial charge in [0.15, 0.2) is 34.8 Å². The van der Waals surface area contributed by atoms with Gasteiger partial charge in [-0.15, -0.1) is 0 Å². The fraction of sp³-hybridized carbons (Fsp3) is 0.111. The van der Waals surface area contributed by atoms with Gasteiger partial charge in [0, 0.05) is 5.69 Å². The molecule has 0 aliphatic heterocycles. The SMILES string of the molecule is COc1cc(/C=N/Nc2nc3nonc3nc2Nc2cccc(C)c2C)ccc1OC(=O)c1cc(F)c(F)cc1Cl. The number of benzene rings is 3. The number of halogens is 3. The van der Waals surface area contributed by atoms with Crippen molar-refractivity contribution in [3.8, 4) is 11.5 Å². The van der Waals surface area contributed by atoms with E-state index in [9.17, 15) is 13.6 Å². The second kappa shape index (κ2) is 11.5. The Hall–Kier alpha value is -5.17. The monoisotopic (exact) mass is 579 g/mol. The zero-order valence-electron chi connectivity index (χ0n) is 21.7. The number of aromatic nitrogens is 4. The molecule has 0 fully saturated rings. The second-order valence-electron chi connectivity index (χ2n) is 8.62. The van der Waals surface area contributed by atoms with Crippen LogP contribution in [0.25, 0.3) is 11.3 Å². The Morgan fingerprint density at radius 3 is 2.49 bits per heavy atom. The molecule has 41 heavy (non-hydrogen) atoms. The van der Waals surface area contributed by atoms with Gasteiger partial charge < -0.3 is 14.8 Å². The summed E-state index contributed by atoms with van der Waals surface area (Å²) in [6, 6.07) is 11.8. The summed E-state index contributed by atoms with van der Waals surface area (Å²) in [6.07, 6.45) is 1.47. The van der Waals surface area contributed by atoms with E-state index in [0.29, 0.717) is 23.5 Å². The first-order valence-corrected chi connectivity index (χ1v) is 12.3. The maximum Gasteiger partial charge on any atom is 0.345 e. The molecule has 14 heteroatoms. The molecule has 3 aromatic carbocycles. The summed E-state index contributed by atoms with van der Waals surface area (Å²) in [5.41, 5.74) is 6.40. The minimum Gasteiger partial charge on any atom is -0.493 e. The molecular formula is C27H20ClF2N7O4. The van der Waals surface area contributed by atoms with Crippen LogP contribution in [0.15, 0.2) is 58.3 Å². The topological polar surface area (TPSA) is 137 Å². The van der Waals surface area contributed by atoms with Gasteiger partial charge in [0.05, 0.1) is 23.9 Å². The average molecular weight is 580 g/mol. The number of rotatable bonds is 8. The number of esters is 1. The van der Waals surface area contributed by atoms with Crippen molar-refractivity contribution >= 4 is 52.4 Å². The third kappa shape index (κ3) is 5.89. The van der Waals surface area contributed by atoms with E-state index in [1.165, 1.54) is 19.4 Å². The predicted molar refractivity (Wildman–Crippen MR) is 147 cm³/mol. The van der Waals surface area contributed by atoms with E-state index >= 15 is 0 Å². The van der Waals surface area contributed by atoms with Crippen LogP contribution in [-0.2, 0) is 0 Å². The highest BCUT2D eigenvalue weighted by molar-refractivity contribution is 6.33. The Morgan fingerprint density at radius 2 is 1.73 bits per heavy atom. The molecule has 0 aliphatic carbocycles. The first-order valence-electron chi connectivity index (χ1n) is 11.9. The van der Waals surface area contributed by atoms with Gasteiger partial charge in [-0.05, 0) is 77.2 Å². The number of nitrogens with one attached hydrogen (secondary N) is 2. The maximum atomic E-state index is 13.6. The average Bonchev–Trinajstić information content (AvgIpc) is 3.41. The highest BCUT2D eigenvalue weighted by Crippen LogP contribution is 2.30. The maximum absolute atomic E-state index is 13.6. The van der Waals surface area contributed by atoms with E-state index in [1.54, 1.807) is 12.1 Å². The number of fused-ring (bicyclic) bond motifs is 1. The third-order valence-electron chi connectivity index (χ3n) is 5.98. The van der Waals surface area contributed by atoms with Crippen LogP contribution < -0.4 is 20.2 Å². The Labute approximate surface area is 236 Å². The Morgan fingerprint density at radius 1 is 1.00 bits per heavy atom. The van der Waals surface area contributed by atoms with Crippen LogP contribution in [0.3, 0.4) is 0 Å². The first-order chi connectivity index (χ1) is 19.7. The van der Waals surface area contributed by atoms with Gasteiger partial charge in [-0.1, -0.05) is 23.7 Å². The van der Waals surface area contributed by atoms with Crippen LogP contribution in [0.2, 0.25) is 5.02 Å². The summed E-state index contributed by atoms with van der Waals surface area (Å²) in [5, 5.41) is 14.7.